The van der Waals surface area contributed by atoms with E-state index in [-0.39, 0.29) is 5.78 Å². The first kappa shape index (κ1) is 12.2. The Balaban J connectivity index is 2.23. The van der Waals surface area contributed by atoms with Crippen LogP contribution in [0.15, 0.2) is 23.8 Å². The van der Waals surface area contributed by atoms with Crippen molar-refractivity contribution >= 4 is 5.78 Å². The van der Waals surface area contributed by atoms with Gasteiger partial charge < -0.3 is 5.11 Å². The third-order valence-corrected chi connectivity index (χ3v) is 2.67. The summed E-state index contributed by atoms with van der Waals surface area (Å²) in [6.45, 7) is 2.17. The Morgan fingerprint density at radius 2 is 2.27 bits per heavy atom. The Bertz CT molecular complexity index is 264. The highest BCUT2D eigenvalue weighted by atomic mass is 16.3. The first-order chi connectivity index (χ1) is 7.24. The zero-order valence-electron chi connectivity index (χ0n) is 9.41. The van der Waals surface area contributed by atoms with Gasteiger partial charge in [0.1, 0.15) is 0 Å². The van der Waals surface area contributed by atoms with Gasteiger partial charge in [-0.3, -0.25) is 4.79 Å². The molecule has 0 saturated carbocycles. The van der Waals surface area contributed by atoms with Crippen LogP contribution in [0.5, 0.6) is 0 Å². The van der Waals surface area contributed by atoms with Gasteiger partial charge in [0.05, 0.1) is 6.10 Å². The molecule has 0 radical (unpaired) electrons. The molecule has 1 atom stereocenters. The van der Waals surface area contributed by atoms with Gasteiger partial charge in [0.25, 0.3) is 0 Å². The molecule has 0 aliphatic heterocycles. The number of hydrogen-bond acceptors (Lipinski definition) is 2. The largest absolute Gasteiger partial charge is 0.389 e. The van der Waals surface area contributed by atoms with Crippen molar-refractivity contribution in [3.05, 3.63) is 23.8 Å². The molecule has 1 unspecified atom stereocenters. The van der Waals surface area contributed by atoms with Gasteiger partial charge in [-0.2, -0.15) is 0 Å². The fourth-order valence-electron chi connectivity index (χ4n) is 1.75. The van der Waals surface area contributed by atoms with E-state index in [2.05, 4.69) is 6.92 Å². The number of allylic oxidation sites excluding steroid dienone is 3. The predicted octanol–water partition coefficient (Wildman–Crippen LogP) is 2.77. The molecule has 0 aromatic rings. The zero-order valence-corrected chi connectivity index (χ0v) is 9.41. The number of aliphatic hydroxyl groups excluding tert-OH is 1. The quantitative estimate of drug-likeness (QED) is 0.538. The van der Waals surface area contributed by atoms with E-state index in [9.17, 15) is 9.90 Å². The number of hydrogen-bond donors (Lipinski definition) is 1. The highest BCUT2D eigenvalue weighted by molar-refractivity contribution is 6.06. The molecule has 0 spiro atoms. The second-order valence-corrected chi connectivity index (χ2v) is 4.08. The van der Waals surface area contributed by atoms with Crippen molar-refractivity contribution in [2.75, 3.05) is 0 Å². The monoisotopic (exact) mass is 208 g/mol. The Labute approximate surface area is 91.7 Å². The lowest BCUT2D eigenvalue weighted by Crippen LogP contribution is -2.05. The van der Waals surface area contributed by atoms with Crippen molar-refractivity contribution in [2.24, 2.45) is 0 Å². The maximum Gasteiger partial charge on any atom is 0.181 e. The molecule has 84 valence electrons. The molecular weight excluding hydrogens is 188 g/mol. The summed E-state index contributed by atoms with van der Waals surface area (Å²) < 4.78 is 0. The third kappa shape index (κ3) is 4.43. The lowest BCUT2D eigenvalue weighted by Gasteiger charge is -2.06. The topological polar surface area (TPSA) is 37.3 Å². The smallest absolute Gasteiger partial charge is 0.181 e. The van der Waals surface area contributed by atoms with Crippen LogP contribution in [0.3, 0.4) is 0 Å². The number of aliphatic hydroxyl groups is 1. The number of carbonyl (C=O) groups is 1. The van der Waals surface area contributed by atoms with Crippen molar-refractivity contribution in [1.82, 2.24) is 0 Å². The standard InChI is InChI=1S/C13H20O2/c1-2-3-4-5-8-12(14)10-11-7-6-9-13(11)15/h6,9-10,12,14H,2-5,7-8H2,1H3/b11-10-. The van der Waals surface area contributed by atoms with E-state index in [1.54, 1.807) is 12.2 Å². The molecule has 0 aromatic carbocycles. The van der Waals surface area contributed by atoms with Crippen LogP contribution in [0.1, 0.15) is 45.4 Å². The number of unbranched alkanes of at least 4 members (excludes halogenated alkanes) is 3. The van der Waals surface area contributed by atoms with E-state index in [0.29, 0.717) is 6.42 Å². The second-order valence-electron chi connectivity index (χ2n) is 4.08. The van der Waals surface area contributed by atoms with Crippen LogP contribution in [0, 0.1) is 0 Å². The summed E-state index contributed by atoms with van der Waals surface area (Å²) in [5.41, 5.74) is 0.748. The van der Waals surface area contributed by atoms with Crippen LogP contribution in [0.2, 0.25) is 0 Å². The van der Waals surface area contributed by atoms with Crippen molar-refractivity contribution in [3.8, 4) is 0 Å². The van der Waals surface area contributed by atoms with Gasteiger partial charge in [-0.05, 0) is 25.0 Å². The minimum absolute atomic E-state index is 0.0580. The van der Waals surface area contributed by atoms with E-state index in [1.807, 2.05) is 6.08 Å². The van der Waals surface area contributed by atoms with E-state index in [4.69, 9.17) is 0 Å². The fraction of sp³-hybridized carbons (Fsp3) is 0.615. The molecule has 2 heteroatoms. The average molecular weight is 208 g/mol. The lowest BCUT2D eigenvalue weighted by atomic mass is 10.1. The van der Waals surface area contributed by atoms with Gasteiger partial charge in [-0.15, -0.1) is 0 Å². The van der Waals surface area contributed by atoms with Gasteiger partial charge >= 0.3 is 0 Å². The number of carbonyl (C=O) groups excluding carboxylic acids is 1. The summed E-state index contributed by atoms with van der Waals surface area (Å²) >= 11 is 0. The van der Waals surface area contributed by atoms with E-state index >= 15 is 0 Å². The number of ketones is 1. The first-order valence-electron chi connectivity index (χ1n) is 5.83. The molecule has 0 heterocycles. The summed E-state index contributed by atoms with van der Waals surface area (Å²) in [6, 6.07) is 0. The molecule has 15 heavy (non-hydrogen) atoms. The van der Waals surface area contributed by atoms with Crippen LogP contribution in [-0.4, -0.2) is 17.0 Å². The van der Waals surface area contributed by atoms with Gasteiger partial charge in [0.15, 0.2) is 5.78 Å². The zero-order chi connectivity index (χ0) is 11.1. The summed E-state index contributed by atoms with van der Waals surface area (Å²) in [4.78, 5) is 11.2. The molecule has 1 rings (SSSR count). The van der Waals surface area contributed by atoms with Gasteiger partial charge in [0.2, 0.25) is 0 Å². The van der Waals surface area contributed by atoms with E-state index < -0.39 is 6.10 Å². The molecule has 0 fully saturated rings. The van der Waals surface area contributed by atoms with E-state index in [0.717, 1.165) is 18.4 Å². The van der Waals surface area contributed by atoms with Crippen LogP contribution in [0.25, 0.3) is 0 Å². The second kappa shape index (κ2) is 6.57. The summed E-state index contributed by atoms with van der Waals surface area (Å²) in [5, 5.41) is 9.67. The number of rotatable bonds is 6. The van der Waals surface area contributed by atoms with Crippen LogP contribution < -0.4 is 0 Å². The average Bonchev–Trinajstić information content (AvgIpc) is 2.59. The predicted molar refractivity (Wildman–Crippen MR) is 61.6 cm³/mol. The maximum atomic E-state index is 11.2. The van der Waals surface area contributed by atoms with Crippen LogP contribution >= 0.6 is 0 Å². The van der Waals surface area contributed by atoms with Crippen LogP contribution in [0.4, 0.5) is 0 Å². The molecule has 1 N–H and O–H groups in total. The molecule has 0 amide bonds. The molecule has 0 bridgehead atoms. The lowest BCUT2D eigenvalue weighted by molar-refractivity contribution is -0.111. The van der Waals surface area contributed by atoms with Crippen molar-refractivity contribution < 1.29 is 9.90 Å². The van der Waals surface area contributed by atoms with Gasteiger partial charge in [0, 0.05) is 5.57 Å². The van der Waals surface area contributed by atoms with Crippen molar-refractivity contribution in [1.29, 1.82) is 0 Å². The van der Waals surface area contributed by atoms with E-state index in [1.165, 1.54) is 19.3 Å². The SMILES string of the molecule is CCCCCCC(O)/C=C1/CC=CC1=O. The molecule has 0 aromatic heterocycles. The Morgan fingerprint density at radius 1 is 1.47 bits per heavy atom. The normalized spacial score (nSPS) is 20.1. The highest BCUT2D eigenvalue weighted by Crippen LogP contribution is 2.15. The van der Waals surface area contributed by atoms with Crippen LogP contribution in [-0.2, 0) is 4.79 Å². The Kier molecular flexibility index (Phi) is 5.33. The molecule has 2 nitrogen and oxygen atoms in total. The maximum absolute atomic E-state index is 11.2. The third-order valence-electron chi connectivity index (χ3n) is 2.67. The van der Waals surface area contributed by atoms with Gasteiger partial charge in [-0.1, -0.05) is 38.7 Å². The molecular formula is C13H20O2. The fourth-order valence-corrected chi connectivity index (χ4v) is 1.75. The highest BCUT2D eigenvalue weighted by Gasteiger charge is 2.12. The summed E-state index contributed by atoms with van der Waals surface area (Å²) in [7, 11) is 0. The molecule has 0 saturated heterocycles. The first-order valence-corrected chi connectivity index (χ1v) is 5.83. The minimum Gasteiger partial charge on any atom is -0.389 e. The molecule has 1 aliphatic rings. The summed E-state index contributed by atoms with van der Waals surface area (Å²) in [5.74, 6) is 0.0580. The van der Waals surface area contributed by atoms with Crippen molar-refractivity contribution in [3.63, 3.8) is 0 Å². The van der Waals surface area contributed by atoms with Gasteiger partial charge in [-0.25, -0.2) is 0 Å². The summed E-state index contributed by atoms with van der Waals surface area (Å²) in [6.07, 6.45) is 10.8. The molecule has 1 aliphatic carbocycles. The minimum atomic E-state index is -0.444. The Morgan fingerprint density at radius 3 is 2.87 bits per heavy atom. The van der Waals surface area contributed by atoms with Crippen molar-refractivity contribution in [2.45, 2.75) is 51.6 Å². The Hall–Kier alpha value is -0.890.